The van der Waals surface area contributed by atoms with Crippen LogP contribution in [0, 0.1) is 0 Å². The van der Waals surface area contributed by atoms with Crippen molar-refractivity contribution in [3.05, 3.63) is 47.0 Å². The molecule has 64 valence electrons. The lowest BCUT2D eigenvalue weighted by molar-refractivity contribution is 1.000. The standard InChI is InChI=1S/C11H13Cl/c1-2-3-4-5-10-6-8-11(12)9-7-10/h2-3,6-9H,4-5H2,1H3/b3-2+. The van der Waals surface area contributed by atoms with Crippen LogP contribution in [0.2, 0.25) is 5.02 Å². The predicted octanol–water partition coefficient (Wildman–Crippen LogP) is 3.85. The van der Waals surface area contributed by atoms with Crippen LogP contribution in [0.25, 0.3) is 0 Å². The van der Waals surface area contributed by atoms with Gasteiger partial charge >= 0.3 is 0 Å². The fourth-order valence-corrected chi connectivity index (χ4v) is 1.19. The number of aryl methyl sites for hydroxylation is 1. The highest BCUT2D eigenvalue weighted by atomic mass is 35.5. The molecule has 0 amide bonds. The molecule has 0 spiro atoms. The summed E-state index contributed by atoms with van der Waals surface area (Å²) >= 11 is 5.76. The number of halogens is 1. The van der Waals surface area contributed by atoms with Crippen LogP contribution >= 0.6 is 11.6 Å². The molecule has 0 aliphatic rings. The monoisotopic (exact) mass is 180 g/mol. The summed E-state index contributed by atoms with van der Waals surface area (Å²) in [5.41, 5.74) is 1.34. The average molecular weight is 181 g/mol. The third-order valence-corrected chi connectivity index (χ3v) is 2.00. The molecule has 0 saturated heterocycles. The topological polar surface area (TPSA) is 0 Å². The molecule has 0 saturated carbocycles. The SMILES string of the molecule is C/C=C/CCc1ccc(Cl)cc1. The first-order valence-corrected chi connectivity index (χ1v) is 4.56. The van der Waals surface area contributed by atoms with E-state index >= 15 is 0 Å². The van der Waals surface area contributed by atoms with Crippen molar-refractivity contribution in [2.75, 3.05) is 0 Å². The van der Waals surface area contributed by atoms with Crippen LogP contribution in [0.1, 0.15) is 18.9 Å². The summed E-state index contributed by atoms with van der Waals surface area (Å²) in [7, 11) is 0. The van der Waals surface area contributed by atoms with E-state index in [9.17, 15) is 0 Å². The van der Waals surface area contributed by atoms with Crippen molar-refractivity contribution < 1.29 is 0 Å². The third kappa shape index (κ3) is 3.10. The van der Waals surface area contributed by atoms with Crippen molar-refractivity contribution in [2.45, 2.75) is 19.8 Å². The zero-order valence-electron chi connectivity index (χ0n) is 7.26. The van der Waals surface area contributed by atoms with E-state index in [0.717, 1.165) is 17.9 Å². The lowest BCUT2D eigenvalue weighted by atomic mass is 10.1. The maximum absolute atomic E-state index is 5.76. The van der Waals surface area contributed by atoms with Gasteiger partial charge in [-0.2, -0.15) is 0 Å². The van der Waals surface area contributed by atoms with Crippen LogP contribution in [-0.4, -0.2) is 0 Å². The van der Waals surface area contributed by atoms with Crippen LogP contribution in [0.5, 0.6) is 0 Å². The Bertz CT molecular complexity index is 246. The highest BCUT2D eigenvalue weighted by Gasteiger charge is 1.90. The first-order valence-electron chi connectivity index (χ1n) is 4.18. The minimum absolute atomic E-state index is 0.810. The van der Waals surface area contributed by atoms with E-state index in [1.807, 2.05) is 19.1 Å². The summed E-state index contributed by atoms with van der Waals surface area (Å²) in [5, 5.41) is 0.810. The average Bonchev–Trinajstić information content (AvgIpc) is 2.09. The van der Waals surface area contributed by atoms with E-state index < -0.39 is 0 Å². The van der Waals surface area contributed by atoms with Gasteiger partial charge in [0.05, 0.1) is 0 Å². The zero-order valence-corrected chi connectivity index (χ0v) is 8.01. The number of allylic oxidation sites excluding steroid dienone is 2. The van der Waals surface area contributed by atoms with E-state index in [1.54, 1.807) is 0 Å². The highest BCUT2D eigenvalue weighted by Crippen LogP contribution is 2.10. The fourth-order valence-electron chi connectivity index (χ4n) is 1.07. The highest BCUT2D eigenvalue weighted by molar-refractivity contribution is 6.30. The molecule has 0 atom stereocenters. The van der Waals surface area contributed by atoms with Crippen molar-refractivity contribution in [2.24, 2.45) is 0 Å². The first kappa shape index (κ1) is 9.34. The lowest BCUT2D eigenvalue weighted by Gasteiger charge is -1.97. The predicted molar refractivity (Wildman–Crippen MR) is 54.6 cm³/mol. The van der Waals surface area contributed by atoms with Gasteiger partial charge in [-0.1, -0.05) is 35.9 Å². The van der Waals surface area contributed by atoms with E-state index in [2.05, 4.69) is 24.3 Å². The largest absolute Gasteiger partial charge is 0.0917 e. The van der Waals surface area contributed by atoms with Crippen molar-refractivity contribution in [3.63, 3.8) is 0 Å². The Morgan fingerprint density at radius 1 is 1.25 bits per heavy atom. The number of hydrogen-bond acceptors (Lipinski definition) is 0. The smallest absolute Gasteiger partial charge is 0.0406 e. The second-order valence-corrected chi connectivity index (χ2v) is 3.17. The molecule has 1 heteroatoms. The van der Waals surface area contributed by atoms with E-state index in [-0.39, 0.29) is 0 Å². The van der Waals surface area contributed by atoms with Crippen molar-refractivity contribution in [3.8, 4) is 0 Å². The van der Waals surface area contributed by atoms with Crippen LogP contribution in [0.15, 0.2) is 36.4 Å². The van der Waals surface area contributed by atoms with Gasteiger partial charge in [-0.3, -0.25) is 0 Å². The summed E-state index contributed by atoms with van der Waals surface area (Å²) in [4.78, 5) is 0. The molecule has 0 radical (unpaired) electrons. The van der Waals surface area contributed by atoms with Gasteiger partial charge in [-0.05, 0) is 37.5 Å². The Morgan fingerprint density at radius 2 is 1.92 bits per heavy atom. The molecule has 0 N–H and O–H groups in total. The fraction of sp³-hybridized carbons (Fsp3) is 0.273. The van der Waals surface area contributed by atoms with Crippen LogP contribution < -0.4 is 0 Å². The normalized spacial score (nSPS) is 10.8. The van der Waals surface area contributed by atoms with E-state index in [0.29, 0.717) is 0 Å². The van der Waals surface area contributed by atoms with Crippen molar-refractivity contribution in [1.29, 1.82) is 0 Å². The molecular formula is C11H13Cl. The van der Waals surface area contributed by atoms with Gasteiger partial charge in [0.25, 0.3) is 0 Å². The van der Waals surface area contributed by atoms with Crippen LogP contribution in [0.4, 0.5) is 0 Å². The van der Waals surface area contributed by atoms with Gasteiger partial charge in [0, 0.05) is 5.02 Å². The Hall–Kier alpha value is -0.750. The second kappa shape index (κ2) is 5.00. The molecule has 0 aromatic heterocycles. The van der Waals surface area contributed by atoms with Crippen molar-refractivity contribution in [1.82, 2.24) is 0 Å². The minimum atomic E-state index is 0.810. The minimum Gasteiger partial charge on any atom is -0.0917 e. The second-order valence-electron chi connectivity index (χ2n) is 2.73. The molecule has 0 aliphatic carbocycles. The number of benzene rings is 1. The maximum atomic E-state index is 5.76. The van der Waals surface area contributed by atoms with Gasteiger partial charge in [-0.25, -0.2) is 0 Å². The molecule has 0 unspecified atom stereocenters. The van der Waals surface area contributed by atoms with E-state index in [1.165, 1.54) is 5.56 Å². The Morgan fingerprint density at radius 3 is 2.50 bits per heavy atom. The van der Waals surface area contributed by atoms with Crippen molar-refractivity contribution >= 4 is 11.6 Å². The first-order chi connectivity index (χ1) is 5.83. The Kier molecular flexibility index (Phi) is 3.89. The quantitative estimate of drug-likeness (QED) is 0.620. The summed E-state index contributed by atoms with van der Waals surface area (Å²) < 4.78 is 0. The summed E-state index contributed by atoms with van der Waals surface area (Å²) in [6.45, 7) is 2.04. The molecule has 0 fully saturated rings. The number of hydrogen-bond donors (Lipinski definition) is 0. The van der Waals surface area contributed by atoms with Gasteiger partial charge in [0.1, 0.15) is 0 Å². The van der Waals surface area contributed by atoms with Crippen LogP contribution in [0.3, 0.4) is 0 Å². The lowest BCUT2D eigenvalue weighted by Crippen LogP contribution is -1.81. The molecule has 0 aliphatic heterocycles. The Labute approximate surface area is 78.9 Å². The third-order valence-electron chi connectivity index (χ3n) is 1.75. The van der Waals surface area contributed by atoms with E-state index in [4.69, 9.17) is 11.6 Å². The maximum Gasteiger partial charge on any atom is 0.0406 e. The van der Waals surface area contributed by atoms with Gasteiger partial charge < -0.3 is 0 Å². The summed E-state index contributed by atoms with van der Waals surface area (Å²) in [6.07, 6.45) is 6.46. The summed E-state index contributed by atoms with van der Waals surface area (Å²) in [5.74, 6) is 0. The molecule has 1 aromatic rings. The number of rotatable bonds is 3. The molecular weight excluding hydrogens is 168 g/mol. The van der Waals surface area contributed by atoms with Gasteiger partial charge in [0.2, 0.25) is 0 Å². The van der Waals surface area contributed by atoms with Gasteiger partial charge in [0.15, 0.2) is 0 Å². The molecule has 12 heavy (non-hydrogen) atoms. The molecule has 1 aromatic carbocycles. The zero-order chi connectivity index (χ0) is 8.81. The Balaban J connectivity index is 2.47. The van der Waals surface area contributed by atoms with Gasteiger partial charge in [-0.15, -0.1) is 0 Å². The summed E-state index contributed by atoms with van der Waals surface area (Å²) in [6, 6.07) is 8.02. The van der Waals surface area contributed by atoms with Crippen LogP contribution in [-0.2, 0) is 6.42 Å². The molecule has 0 bridgehead atoms. The molecule has 0 heterocycles. The molecule has 0 nitrogen and oxygen atoms in total. The molecule has 1 rings (SSSR count).